The summed E-state index contributed by atoms with van der Waals surface area (Å²) in [6, 6.07) is 6.10. The topological polar surface area (TPSA) is 121 Å². The fourth-order valence-electron chi connectivity index (χ4n) is 2.98. The number of hydrogen-bond acceptors (Lipinski definition) is 6. The van der Waals surface area contributed by atoms with E-state index in [0.717, 1.165) is 16.9 Å². The number of aryl methyl sites for hydroxylation is 1. The second kappa shape index (κ2) is 6.98. The normalized spacial score (nSPS) is 11.2. The van der Waals surface area contributed by atoms with Crippen molar-refractivity contribution in [2.75, 3.05) is 13.1 Å². The molecule has 0 unspecified atom stereocenters. The molecule has 2 N–H and O–H groups in total. The summed E-state index contributed by atoms with van der Waals surface area (Å²) in [4.78, 5) is 22.6. The molecule has 0 bridgehead atoms. The van der Waals surface area contributed by atoms with Crippen molar-refractivity contribution in [3.8, 4) is 5.82 Å². The molecule has 0 aliphatic rings. The van der Waals surface area contributed by atoms with Crippen molar-refractivity contribution >= 4 is 16.9 Å². The first-order chi connectivity index (χ1) is 13.2. The molecule has 0 atom stereocenters. The molecular formula is C17H19N9O. The number of H-pyrrole nitrogens is 2. The molecule has 1 amide bonds. The first-order valence-corrected chi connectivity index (χ1v) is 8.67. The third-order valence-electron chi connectivity index (χ3n) is 4.40. The standard InChI is InChI=1S/C17H19N9O/c1-3-25(7-6-15-20-13-5-4-11(2)8-14(13)21-15)17(27)12-9-18-22-16(12)26-10-19-23-24-26/h4-5,8-10H,3,6-7H2,1-2H3,(H,18,22)(H,20,21). The maximum atomic E-state index is 12.9. The van der Waals surface area contributed by atoms with E-state index in [0.29, 0.717) is 30.9 Å². The van der Waals surface area contributed by atoms with Crippen LogP contribution in [0.5, 0.6) is 0 Å². The number of benzene rings is 1. The van der Waals surface area contributed by atoms with Crippen LogP contribution in [0.4, 0.5) is 0 Å². The summed E-state index contributed by atoms with van der Waals surface area (Å²) in [6.45, 7) is 5.09. The fourth-order valence-corrected chi connectivity index (χ4v) is 2.98. The van der Waals surface area contributed by atoms with Crippen molar-refractivity contribution in [3.05, 3.63) is 47.7 Å². The smallest absolute Gasteiger partial charge is 0.259 e. The minimum atomic E-state index is -0.135. The number of tetrazole rings is 1. The van der Waals surface area contributed by atoms with Gasteiger partial charge in [0, 0.05) is 19.5 Å². The van der Waals surface area contributed by atoms with Crippen molar-refractivity contribution in [2.24, 2.45) is 0 Å². The predicted molar refractivity (Wildman–Crippen MR) is 97.4 cm³/mol. The predicted octanol–water partition coefficient (Wildman–Crippen LogP) is 1.27. The molecule has 10 nitrogen and oxygen atoms in total. The maximum absolute atomic E-state index is 12.9. The molecule has 4 rings (SSSR count). The minimum absolute atomic E-state index is 0.135. The van der Waals surface area contributed by atoms with Crippen LogP contribution in [0.15, 0.2) is 30.7 Å². The van der Waals surface area contributed by atoms with Gasteiger partial charge in [0.05, 0.1) is 17.2 Å². The molecule has 0 radical (unpaired) electrons. The third-order valence-corrected chi connectivity index (χ3v) is 4.40. The summed E-state index contributed by atoms with van der Waals surface area (Å²) in [7, 11) is 0. The monoisotopic (exact) mass is 365 g/mol. The van der Waals surface area contributed by atoms with Crippen LogP contribution in [0.3, 0.4) is 0 Å². The zero-order chi connectivity index (χ0) is 18.8. The SMILES string of the molecule is CCN(CCc1nc2ccc(C)cc2[nH]1)C(=O)c1cn[nH]c1-n1cnnn1. The van der Waals surface area contributed by atoms with Crippen LogP contribution >= 0.6 is 0 Å². The lowest BCUT2D eigenvalue weighted by Crippen LogP contribution is -2.33. The Morgan fingerprint density at radius 1 is 1.33 bits per heavy atom. The van der Waals surface area contributed by atoms with E-state index in [4.69, 9.17) is 0 Å². The molecule has 138 valence electrons. The molecule has 27 heavy (non-hydrogen) atoms. The van der Waals surface area contributed by atoms with E-state index in [9.17, 15) is 4.79 Å². The van der Waals surface area contributed by atoms with Crippen molar-refractivity contribution in [2.45, 2.75) is 20.3 Å². The Hall–Kier alpha value is -3.56. The number of carbonyl (C=O) groups excluding carboxylic acids is 1. The van der Waals surface area contributed by atoms with Gasteiger partial charge in [-0.25, -0.2) is 4.98 Å². The Kier molecular flexibility index (Phi) is 4.37. The van der Waals surface area contributed by atoms with Gasteiger partial charge in [-0.2, -0.15) is 9.78 Å². The molecule has 0 spiro atoms. The summed E-state index contributed by atoms with van der Waals surface area (Å²) < 4.78 is 1.38. The first kappa shape index (κ1) is 16.9. The number of fused-ring (bicyclic) bond motifs is 1. The minimum Gasteiger partial charge on any atom is -0.342 e. The van der Waals surface area contributed by atoms with Crippen LogP contribution < -0.4 is 0 Å². The second-order valence-corrected chi connectivity index (χ2v) is 6.23. The van der Waals surface area contributed by atoms with Crippen molar-refractivity contribution in [1.29, 1.82) is 0 Å². The molecule has 1 aromatic carbocycles. The molecule has 0 fully saturated rings. The quantitative estimate of drug-likeness (QED) is 0.531. The van der Waals surface area contributed by atoms with Gasteiger partial charge in [-0.1, -0.05) is 6.07 Å². The summed E-state index contributed by atoms with van der Waals surface area (Å²) in [5, 5.41) is 17.7. The van der Waals surface area contributed by atoms with Crippen LogP contribution in [-0.4, -0.2) is 64.3 Å². The highest BCUT2D eigenvalue weighted by Crippen LogP contribution is 2.15. The van der Waals surface area contributed by atoms with E-state index in [1.165, 1.54) is 22.8 Å². The van der Waals surface area contributed by atoms with Gasteiger partial charge < -0.3 is 9.88 Å². The largest absolute Gasteiger partial charge is 0.342 e. The van der Waals surface area contributed by atoms with Crippen LogP contribution in [0.1, 0.15) is 28.7 Å². The average molecular weight is 365 g/mol. The van der Waals surface area contributed by atoms with Crippen molar-refractivity contribution in [3.63, 3.8) is 0 Å². The van der Waals surface area contributed by atoms with Crippen LogP contribution in [-0.2, 0) is 6.42 Å². The Bertz CT molecular complexity index is 1060. The number of hydrogen-bond donors (Lipinski definition) is 2. The Balaban J connectivity index is 1.50. The summed E-state index contributed by atoms with van der Waals surface area (Å²) in [6.07, 6.45) is 3.54. The van der Waals surface area contributed by atoms with Gasteiger partial charge in [0.15, 0.2) is 5.82 Å². The number of imidazole rings is 1. The molecule has 10 heteroatoms. The van der Waals surface area contributed by atoms with Crippen LogP contribution in [0.25, 0.3) is 16.9 Å². The highest BCUT2D eigenvalue weighted by Gasteiger charge is 2.21. The van der Waals surface area contributed by atoms with E-state index in [-0.39, 0.29) is 5.91 Å². The van der Waals surface area contributed by atoms with Gasteiger partial charge in [-0.15, -0.1) is 5.10 Å². The number of rotatable bonds is 6. The number of aromatic amines is 2. The molecular weight excluding hydrogens is 346 g/mol. The molecule has 3 aromatic heterocycles. The molecule has 0 saturated carbocycles. The number of aromatic nitrogens is 8. The Labute approximate surface area is 154 Å². The van der Waals surface area contributed by atoms with Gasteiger partial charge in [0.1, 0.15) is 17.7 Å². The molecule has 0 aliphatic carbocycles. The highest BCUT2D eigenvalue weighted by molar-refractivity contribution is 5.96. The number of nitrogens with one attached hydrogen (secondary N) is 2. The first-order valence-electron chi connectivity index (χ1n) is 8.67. The van der Waals surface area contributed by atoms with Gasteiger partial charge in [-0.3, -0.25) is 9.89 Å². The van der Waals surface area contributed by atoms with E-state index in [2.05, 4.69) is 41.8 Å². The lowest BCUT2D eigenvalue weighted by atomic mass is 10.2. The number of amides is 1. The van der Waals surface area contributed by atoms with Gasteiger partial charge in [0.25, 0.3) is 5.91 Å². The Morgan fingerprint density at radius 2 is 2.22 bits per heavy atom. The highest BCUT2D eigenvalue weighted by atomic mass is 16.2. The molecule has 4 aromatic rings. The van der Waals surface area contributed by atoms with Gasteiger partial charge in [-0.05, 0) is 42.0 Å². The van der Waals surface area contributed by atoms with Crippen LogP contribution in [0.2, 0.25) is 0 Å². The third kappa shape index (κ3) is 3.28. The summed E-state index contributed by atoms with van der Waals surface area (Å²) in [5.74, 6) is 1.17. The zero-order valence-corrected chi connectivity index (χ0v) is 15.0. The van der Waals surface area contributed by atoms with E-state index in [1.807, 2.05) is 26.0 Å². The molecule has 3 heterocycles. The lowest BCUT2D eigenvalue weighted by molar-refractivity contribution is 0.0765. The van der Waals surface area contributed by atoms with Gasteiger partial charge >= 0.3 is 0 Å². The van der Waals surface area contributed by atoms with E-state index in [1.54, 1.807) is 4.90 Å². The lowest BCUT2D eigenvalue weighted by Gasteiger charge is -2.20. The summed E-state index contributed by atoms with van der Waals surface area (Å²) in [5.41, 5.74) is 3.54. The zero-order valence-electron chi connectivity index (χ0n) is 15.0. The number of likely N-dealkylation sites (N-methyl/N-ethyl adjacent to an activating group) is 1. The van der Waals surface area contributed by atoms with Crippen LogP contribution in [0, 0.1) is 6.92 Å². The van der Waals surface area contributed by atoms with E-state index < -0.39 is 0 Å². The van der Waals surface area contributed by atoms with Gasteiger partial charge in [0.2, 0.25) is 0 Å². The Morgan fingerprint density at radius 3 is 3.00 bits per heavy atom. The van der Waals surface area contributed by atoms with Crippen molar-refractivity contribution < 1.29 is 4.79 Å². The molecule has 0 saturated heterocycles. The fraction of sp³-hybridized carbons (Fsp3) is 0.294. The second-order valence-electron chi connectivity index (χ2n) is 6.23. The molecule has 0 aliphatic heterocycles. The van der Waals surface area contributed by atoms with Crippen molar-refractivity contribution in [1.82, 2.24) is 45.3 Å². The number of carbonyl (C=O) groups is 1. The van der Waals surface area contributed by atoms with E-state index >= 15 is 0 Å². The average Bonchev–Trinajstić information content (AvgIpc) is 3.40. The maximum Gasteiger partial charge on any atom is 0.259 e. The summed E-state index contributed by atoms with van der Waals surface area (Å²) >= 11 is 0. The number of nitrogens with zero attached hydrogens (tertiary/aromatic N) is 7.